The summed E-state index contributed by atoms with van der Waals surface area (Å²) in [6.07, 6.45) is 9.72. The second-order valence-corrected chi connectivity index (χ2v) is 6.86. The van der Waals surface area contributed by atoms with Gasteiger partial charge in [-0.25, -0.2) is 9.97 Å². The summed E-state index contributed by atoms with van der Waals surface area (Å²) in [7, 11) is 4.25. The average molecular weight is 328 g/mol. The fraction of sp³-hybridized carbons (Fsp3) is 0.556. The molecule has 0 spiro atoms. The summed E-state index contributed by atoms with van der Waals surface area (Å²) >= 11 is 0. The van der Waals surface area contributed by atoms with Crippen LogP contribution in [0.2, 0.25) is 0 Å². The Balaban J connectivity index is 1.52. The van der Waals surface area contributed by atoms with Crippen molar-refractivity contribution in [3.05, 3.63) is 42.1 Å². The Hall–Kier alpha value is -1.92. The quantitative estimate of drug-likeness (QED) is 0.908. The number of anilines is 1. The Labute approximate surface area is 144 Å². The molecule has 1 fully saturated rings. The maximum Gasteiger partial charge on any atom is 0.144 e. The normalized spacial score (nSPS) is 19.5. The number of aromatic nitrogens is 3. The summed E-state index contributed by atoms with van der Waals surface area (Å²) in [5.74, 6) is 1.35. The molecule has 130 valence electrons. The minimum Gasteiger partial charge on any atom is -0.384 e. The predicted octanol–water partition coefficient (Wildman–Crippen LogP) is 1.88. The monoisotopic (exact) mass is 328 g/mol. The van der Waals surface area contributed by atoms with E-state index in [1.54, 1.807) is 12.3 Å². The molecule has 0 saturated carbocycles. The molecule has 3 rings (SSSR count). The van der Waals surface area contributed by atoms with Crippen molar-refractivity contribution in [1.82, 2.24) is 24.3 Å². The lowest BCUT2D eigenvalue weighted by Crippen LogP contribution is -2.33. The molecule has 2 N–H and O–H groups in total. The van der Waals surface area contributed by atoms with Crippen LogP contribution in [0.5, 0.6) is 0 Å². The van der Waals surface area contributed by atoms with E-state index in [4.69, 9.17) is 5.73 Å². The lowest BCUT2D eigenvalue weighted by Gasteiger charge is -2.26. The van der Waals surface area contributed by atoms with Crippen LogP contribution in [0, 0.1) is 0 Å². The van der Waals surface area contributed by atoms with Crippen molar-refractivity contribution in [2.24, 2.45) is 7.05 Å². The topological polar surface area (TPSA) is 63.2 Å². The van der Waals surface area contributed by atoms with E-state index in [-0.39, 0.29) is 0 Å². The minimum atomic E-state index is 0.545. The molecule has 1 aliphatic rings. The molecule has 1 atom stereocenters. The highest BCUT2D eigenvalue weighted by Crippen LogP contribution is 2.19. The number of hydrogen-bond acceptors (Lipinski definition) is 5. The molecule has 1 saturated heterocycles. The van der Waals surface area contributed by atoms with E-state index in [9.17, 15) is 0 Å². The molecule has 0 radical (unpaired) electrons. The van der Waals surface area contributed by atoms with Crippen molar-refractivity contribution in [2.45, 2.75) is 38.4 Å². The molecule has 2 aromatic heterocycles. The van der Waals surface area contributed by atoms with Gasteiger partial charge >= 0.3 is 0 Å². The first kappa shape index (κ1) is 16.9. The van der Waals surface area contributed by atoms with Crippen molar-refractivity contribution >= 4 is 5.82 Å². The molecule has 0 aromatic carbocycles. The standard InChI is InChI=1S/C18H28N6/c1-22-10-6-15(12-22)13-24-9-3-4-16(7-11-24)23(2)14-18-20-8-5-17(19)21-18/h5-6,8,10,12,16H,3-4,7,9,11,13-14H2,1-2H3,(H2,19,20,21)/t16-/m1/s1. The van der Waals surface area contributed by atoms with E-state index in [0.717, 1.165) is 25.5 Å². The number of aryl methyl sites for hydroxylation is 1. The lowest BCUT2D eigenvalue weighted by atomic mass is 10.1. The molecule has 0 unspecified atom stereocenters. The van der Waals surface area contributed by atoms with Gasteiger partial charge in [-0.1, -0.05) is 0 Å². The van der Waals surface area contributed by atoms with Crippen molar-refractivity contribution < 1.29 is 0 Å². The van der Waals surface area contributed by atoms with Crippen LogP contribution in [0.3, 0.4) is 0 Å². The van der Waals surface area contributed by atoms with Gasteiger partial charge in [-0.05, 0) is 57.1 Å². The van der Waals surface area contributed by atoms with Crippen LogP contribution in [-0.4, -0.2) is 50.5 Å². The molecule has 2 aromatic rings. The first-order valence-corrected chi connectivity index (χ1v) is 8.71. The van der Waals surface area contributed by atoms with E-state index < -0.39 is 0 Å². The van der Waals surface area contributed by atoms with E-state index >= 15 is 0 Å². The zero-order valence-corrected chi connectivity index (χ0v) is 14.7. The van der Waals surface area contributed by atoms with Gasteiger partial charge in [0.15, 0.2) is 0 Å². The molecule has 0 bridgehead atoms. The van der Waals surface area contributed by atoms with Gasteiger partial charge in [-0.3, -0.25) is 9.80 Å². The van der Waals surface area contributed by atoms with Crippen LogP contribution in [-0.2, 0) is 20.1 Å². The Morgan fingerprint density at radius 2 is 2.17 bits per heavy atom. The van der Waals surface area contributed by atoms with Gasteiger partial charge in [-0.2, -0.15) is 0 Å². The molecule has 0 amide bonds. The molecule has 0 aliphatic carbocycles. The van der Waals surface area contributed by atoms with Gasteiger partial charge in [0.2, 0.25) is 0 Å². The third kappa shape index (κ3) is 4.55. The third-order valence-corrected chi connectivity index (χ3v) is 4.83. The number of nitrogen functional groups attached to an aromatic ring is 1. The van der Waals surface area contributed by atoms with Crippen LogP contribution in [0.4, 0.5) is 5.82 Å². The smallest absolute Gasteiger partial charge is 0.144 e. The first-order chi connectivity index (χ1) is 11.6. The average Bonchev–Trinajstić information content (AvgIpc) is 2.81. The fourth-order valence-corrected chi connectivity index (χ4v) is 3.49. The highest BCUT2D eigenvalue weighted by Gasteiger charge is 2.21. The van der Waals surface area contributed by atoms with E-state index in [1.807, 2.05) is 0 Å². The second kappa shape index (κ2) is 7.77. The Bertz CT molecular complexity index is 652. The summed E-state index contributed by atoms with van der Waals surface area (Å²) in [5.41, 5.74) is 7.15. The maximum absolute atomic E-state index is 5.75. The van der Waals surface area contributed by atoms with Crippen LogP contribution in [0.15, 0.2) is 30.7 Å². The van der Waals surface area contributed by atoms with E-state index in [2.05, 4.69) is 56.9 Å². The maximum atomic E-state index is 5.75. The van der Waals surface area contributed by atoms with Crippen molar-refractivity contribution in [2.75, 3.05) is 25.9 Å². The van der Waals surface area contributed by atoms with Gasteiger partial charge in [0.25, 0.3) is 0 Å². The molecular weight excluding hydrogens is 300 g/mol. The predicted molar refractivity (Wildman–Crippen MR) is 96.2 cm³/mol. The number of likely N-dealkylation sites (tertiary alicyclic amines) is 1. The Morgan fingerprint density at radius 3 is 2.92 bits per heavy atom. The SMILES string of the molecule is CN(Cc1nccc(N)n1)[C@@H]1CCCN(Cc2ccn(C)c2)CC1. The van der Waals surface area contributed by atoms with Crippen molar-refractivity contribution in [3.63, 3.8) is 0 Å². The lowest BCUT2D eigenvalue weighted by molar-refractivity contribution is 0.202. The number of rotatable bonds is 5. The number of nitrogens with zero attached hydrogens (tertiary/aromatic N) is 5. The molecule has 3 heterocycles. The van der Waals surface area contributed by atoms with Crippen molar-refractivity contribution in [3.8, 4) is 0 Å². The Morgan fingerprint density at radius 1 is 1.29 bits per heavy atom. The Kier molecular flexibility index (Phi) is 5.48. The van der Waals surface area contributed by atoms with E-state index in [0.29, 0.717) is 11.9 Å². The van der Waals surface area contributed by atoms with Gasteiger partial charge < -0.3 is 10.3 Å². The minimum absolute atomic E-state index is 0.545. The molecule has 1 aliphatic heterocycles. The molecule has 24 heavy (non-hydrogen) atoms. The summed E-state index contributed by atoms with van der Waals surface area (Å²) < 4.78 is 2.12. The van der Waals surface area contributed by atoms with Gasteiger partial charge in [0.05, 0.1) is 6.54 Å². The first-order valence-electron chi connectivity index (χ1n) is 8.71. The zero-order valence-electron chi connectivity index (χ0n) is 14.7. The third-order valence-electron chi connectivity index (χ3n) is 4.83. The van der Waals surface area contributed by atoms with Crippen LogP contribution < -0.4 is 5.73 Å². The number of hydrogen-bond donors (Lipinski definition) is 1. The molecule has 6 nitrogen and oxygen atoms in total. The van der Waals surface area contributed by atoms with Crippen LogP contribution >= 0.6 is 0 Å². The van der Waals surface area contributed by atoms with Crippen LogP contribution in [0.1, 0.15) is 30.7 Å². The largest absolute Gasteiger partial charge is 0.384 e. The number of nitrogens with two attached hydrogens (primary N) is 1. The van der Waals surface area contributed by atoms with Crippen LogP contribution in [0.25, 0.3) is 0 Å². The molecule has 6 heteroatoms. The highest BCUT2D eigenvalue weighted by molar-refractivity contribution is 5.24. The van der Waals surface area contributed by atoms with Crippen molar-refractivity contribution in [1.29, 1.82) is 0 Å². The van der Waals surface area contributed by atoms with Gasteiger partial charge in [-0.15, -0.1) is 0 Å². The summed E-state index contributed by atoms with van der Waals surface area (Å²) in [4.78, 5) is 13.6. The molecular formula is C18H28N6. The second-order valence-electron chi connectivity index (χ2n) is 6.86. The summed E-state index contributed by atoms with van der Waals surface area (Å²) in [6, 6.07) is 4.53. The highest BCUT2D eigenvalue weighted by atomic mass is 15.2. The van der Waals surface area contributed by atoms with Gasteiger partial charge in [0, 0.05) is 38.2 Å². The zero-order chi connectivity index (χ0) is 16.9. The van der Waals surface area contributed by atoms with Gasteiger partial charge in [0.1, 0.15) is 11.6 Å². The summed E-state index contributed by atoms with van der Waals surface area (Å²) in [6.45, 7) is 4.12. The fourth-order valence-electron chi connectivity index (χ4n) is 3.49. The van der Waals surface area contributed by atoms with E-state index in [1.165, 1.54) is 31.4 Å². The summed E-state index contributed by atoms with van der Waals surface area (Å²) in [5, 5.41) is 0.